The summed E-state index contributed by atoms with van der Waals surface area (Å²) in [5.41, 5.74) is 0. The van der Waals surface area contributed by atoms with Crippen molar-refractivity contribution in [3.05, 3.63) is 0 Å². The average Bonchev–Trinajstić information content (AvgIpc) is 2.80. The van der Waals surface area contributed by atoms with Crippen LogP contribution in [-0.4, -0.2) is 55.5 Å². The third-order valence-corrected chi connectivity index (χ3v) is 5.09. The summed E-state index contributed by atoms with van der Waals surface area (Å²) in [6.45, 7) is 3.38. The molecule has 5 heteroatoms. The molecule has 1 saturated carbocycles. The highest BCUT2D eigenvalue weighted by atomic mass is 16.7. The van der Waals surface area contributed by atoms with Gasteiger partial charge < -0.3 is 19.7 Å². The van der Waals surface area contributed by atoms with E-state index in [1.54, 1.807) is 0 Å². The molecular weight excluding hydrogens is 268 g/mol. The van der Waals surface area contributed by atoms with E-state index in [0.717, 1.165) is 25.9 Å². The van der Waals surface area contributed by atoms with Gasteiger partial charge in [0.1, 0.15) is 0 Å². The molecule has 0 aromatic rings. The molecule has 0 aromatic heterocycles. The van der Waals surface area contributed by atoms with Gasteiger partial charge in [-0.1, -0.05) is 25.7 Å². The van der Waals surface area contributed by atoms with Crippen LogP contribution in [0, 0.1) is 0 Å². The van der Waals surface area contributed by atoms with Crippen LogP contribution in [0.1, 0.15) is 51.4 Å². The maximum absolute atomic E-state index is 12.3. The number of likely N-dealkylation sites (tertiary alicyclic amines) is 1. The largest absolute Gasteiger partial charge is 0.347 e. The van der Waals surface area contributed by atoms with Crippen LogP contribution in [0.4, 0.5) is 0 Å². The van der Waals surface area contributed by atoms with Crippen molar-refractivity contribution >= 4 is 5.91 Å². The lowest BCUT2D eigenvalue weighted by atomic mass is 10.0. The molecule has 2 aliphatic heterocycles. The lowest BCUT2D eigenvalue weighted by Crippen LogP contribution is -2.50. The highest BCUT2D eigenvalue weighted by Crippen LogP contribution is 2.31. The fourth-order valence-electron chi connectivity index (χ4n) is 3.71. The molecule has 5 nitrogen and oxygen atoms in total. The fourth-order valence-corrected chi connectivity index (χ4v) is 3.71. The van der Waals surface area contributed by atoms with Gasteiger partial charge in [0.2, 0.25) is 5.91 Å². The Morgan fingerprint density at radius 2 is 1.67 bits per heavy atom. The number of carbonyl (C=O) groups excluding carboxylic acids is 1. The lowest BCUT2D eigenvalue weighted by Gasteiger charge is -2.37. The van der Waals surface area contributed by atoms with Crippen molar-refractivity contribution in [2.24, 2.45) is 0 Å². The van der Waals surface area contributed by atoms with Gasteiger partial charge in [0.25, 0.3) is 0 Å². The van der Waals surface area contributed by atoms with Crippen LogP contribution in [0.5, 0.6) is 0 Å². The normalized spacial score (nSPS) is 27.0. The van der Waals surface area contributed by atoms with E-state index in [2.05, 4.69) is 5.32 Å². The van der Waals surface area contributed by atoms with Crippen molar-refractivity contribution in [1.29, 1.82) is 0 Å². The summed E-state index contributed by atoms with van der Waals surface area (Å²) >= 11 is 0. The lowest BCUT2D eigenvalue weighted by molar-refractivity contribution is -0.187. The number of ether oxygens (including phenoxy) is 2. The Morgan fingerprint density at radius 3 is 2.29 bits per heavy atom. The number of hydrogen-bond donors (Lipinski definition) is 1. The number of rotatable bonds is 3. The highest BCUT2D eigenvalue weighted by Gasteiger charge is 2.40. The van der Waals surface area contributed by atoms with Crippen molar-refractivity contribution in [1.82, 2.24) is 10.2 Å². The SMILES string of the molecule is O=C(CNC1CCCCCC1)N1CCC2(CC1)OCCO2. The summed E-state index contributed by atoms with van der Waals surface area (Å²) in [6, 6.07) is 0.536. The van der Waals surface area contributed by atoms with Gasteiger partial charge in [-0.05, 0) is 12.8 Å². The smallest absolute Gasteiger partial charge is 0.236 e. The average molecular weight is 296 g/mol. The summed E-state index contributed by atoms with van der Waals surface area (Å²) in [5, 5.41) is 3.47. The van der Waals surface area contributed by atoms with E-state index in [9.17, 15) is 4.79 Å². The van der Waals surface area contributed by atoms with Gasteiger partial charge in [-0.25, -0.2) is 0 Å². The summed E-state index contributed by atoms with van der Waals surface area (Å²) in [6.07, 6.45) is 9.35. The first-order chi connectivity index (χ1) is 10.3. The van der Waals surface area contributed by atoms with Crippen molar-refractivity contribution < 1.29 is 14.3 Å². The number of hydrogen-bond acceptors (Lipinski definition) is 4. The van der Waals surface area contributed by atoms with E-state index in [-0.39, 0.29) is 11.7 Å². The monoisotopic (exact) mass is 296 g/mol. The van der Waals surface area contributed by atoms with Crippen LogP contribution in [0.2, 0.25) is 0 Å². The van der Waals surface area contributed by atoms with Crippen LogP contribution in [0.15, 0.2) is 0 Å². The Balaban J connectivity index is 1.39. The van der Waals surface area contributed by atoms with Gasteiger partial charge in [0.15, 0.2) is 5.79 Å². The predicted molar refractivity (Wildman–Crippen MR) is 79.9 cm³/mol. The third-order valence-electron chi connectivity index (χ3n) is 5.09. The van der Waals surface area contributed by atoms with Gasteiger partial charge in [-0.2, -0.15) is 0 Å². The summed E-state index contributed by atoms with van der Waals surface area (Å²) in [4.78, 5) is 14.3. The highest BCUT2D eigenvalue weighted by molar-refractivity contribution is 5.78. The van der Waals surface area contributed by atoms with Crippen molar-refractivity contribution in [2.75, 3.05) is 32.8 Å². The van der Waals surface area contributed by atoms with Crippen molar-refractivity contribution in [2.45, 2.75) is 63.2 Å². The molecule has 0 radical (unpaired) electrons. The maximum Gasteiger partial charge on any atom is 0.236 e. The zero-order valence-electron chi connectivity index (χ0n) is 12.9. The van der Waals surface area contributed by atoms with E-state index in [1.807, 2.05) is 4.90 Å². The Labute approximate surface area is 127 Å². The first-order valence-electron chi connectivity index (χ1n) is 8.57. The van der Waals surface area contributed by atoms with Gasteiger partial charge in [0.05, 0.1) is 19.8 Å². The van der Waals surface area contributed by atoms with Crippen LogP contribution in [-0.2, 0) is 14.3 Å². The first kappa shape index (κ1) is 15.3. The van der Waals surface area contributed by atoms with Crippen LogP contribution in [0.25, 0.3) is 0 Å². The number of nitrogens with zero attached hydrogens (tertiary/aromatic N) is 1. The van der Waals surface area contributed by atoms with Crippen LogP contribution >= 0.6 is 0 Å². The molecular formula is C16H28N2O3. The molecule has 0 bridgehead atoms. The summed E-state index contributed by atoms with van der Waals surface area (Å²) < 4.78 is 11.4. The fraction of sp³-hybridized carbons (Fsp3) is 0.938. The van der Waals surface area contributed by atoms with Gasteiger partial charge >= 0.3 is 0 Å². The quantitative estimate of drug-likeness (QED) is 0.805. The molecule has 21 heavy (non-hydrogen) atoms. The number of piperidine rings is 1. The van der Waals surface area contributed by atoms with Gasteiger partial charge in [-0.15, -0.1) is 0 Å². The Kier molecular flexibility index (Phi) is 5.14. The van der Waals surface area contributed by atoms with E-state index in [0.29, 0.717) is 25.8 Å². The molecule has 120 valence electrons. The van der Waals surface area contributed by atoms with Gasteiger partial charge in [0, 0.05) is 32.0 Å². The standard InChI is InChI=1S/C16H28N2O3/c19-15(13-17-14-5-3-1-2-4-6-14)18-9-7-16(8-10-18)20-11-12-21-16/h14,17H,1-13H2. The topological polar surface area (TPSA) is 50.8 Å². The maximum atomic E-state index is 12.3. The minimum atomic E-state index is -0.383. The Hall–Kier alpha value is -0.650. The molecule has 1 spiro atoms. The van der Waals surface area contributed by atoms with E-state index >= 15 is 0 Å². The molecule has 3 rings (SSSR count). The molecule has 2 saturated heterocycles. The molecule has 2 heterocycles. The minimum absolute atomic E-state index is 0.229. The molecule has 0 atom stereocenters. The Morgan fingerprint density at radius 1 is 1.05 bits per heavy atom. The molecule has 0 unspecified atom stereocenters. The summed E-state index contributed by atoms with van der Waals surface area (Å²) in [5.74, 6) is -0.155. The number of carbonyl (C=O) groups is 1. The third kappa shape index (κ3) is 3.96. The van der Waals surface area contributed by atoms with Crippen LogP contribution in [0.3, 0.4) is 0 Å². The molecule has 1 amide bonds. The number of amides is 1. The molecule has 1 N–H and O–H groups in total. The second-order valence-electron chi connectivity index (χ2n) is 6.56. The second kappa shape index (κ2) is 7.07. The van der Waals surface area contributed by atoms with Crippen LogP contribution < -0.4 is 5.32 Å². The minimum Gasteiger partial charge on any atom is -0.347 e. The van der Waals surface area contributed by atoms with E-state index in [1.165, 1.54) is 38.5 Å². The van der Waals surface area contributed by atoms with Crippen molar-refractivity contribution in [3.63, 3.8) is 0 Å². The zero-order valence-corrected chi connectivity index (χ0v) is 12.9. The van der Waals surface area contributed by atoms with E-state index < -0.39 is 0 Å². The Bertz CT molecular complexity index is 337. The zero-order chi connectivity index (χ0) is 14.5. The molecule has 1 aliphatic carbocycles. The predicted octanol–water partition coefficient (Wildman–Crippen LogP) is 1.66. The van der Waals surface area contributed by atoms with Gasteiger partial charge in [-0.3, -0.25) is 4.79 Å². The number of nitrogens with one attached hydrogen (secondary N) is 1. The first-order valence-corrected chi connectivity index (χ1v) is 8.57. The molecule has 3 aliphatic rings. The second-order valence-corrected chi connectivity index (χ2v) is 6.56. The molecule has 0 aromatic carbocycles. The summed E-state index contributed by atoms with van der Waals surface area (Å²) in [7, 11) is 0. The van der Waals surface area contributed by atoms with Crippen molar-refractivity contribution in [3.8, 4) is 0 Å². The van der Waals surface area contributed by atoms with E-state index in [4.69, 9.17) is 9.47 Å². The molecule has 3 fully saturated rings.